The molecule has 1 aliphatic heterocycles. The van der Waals surface area contributed by atoms with Crippen molar-refractivity contribution in [3.05, 3.63) is 21.9 Å². The van der Waals surface area contributed by atoms with Gasteiger partial charge in [0.25, 0.3) is 0 Å². The van der Waals surface area contributed by atoms with Crippen LogP contribution in [0.5, 0.6) is 0 Å². The van der Waals surface area contributed by atoms with E-state index >= 15 is 0 Å². The smallest absolute Gasteiger partial charge is 0.0331 e. The topological polar surface area (TPSA) is 29.3 Å². The predicted molar refractivity (Wildman–Crippen MR) is 73.3 cm³/mol. The van der Waals surface area contributed by atoms with Crippen LogP contribution in [0.1, 0.15) is 42.7 Å². The summed E-state index contributed by atoms with van der Waals surface area (Å²) in [4.78, 5) is 4.27. The van der Waals surface area contributed by atoms with Crippen LogP contribution < -0.4 is 5.73 Å². The van der Waals surface area contributed by atoms with Gasteiger partial charge >= 0.3 is 0 Å². The van der Waals surface area contributed by atoms with E-state index in [4.69, 9.17) is 5.73 Å². The molecule has 3 atom stereocenters. The molecule has 0 saturated heterocycles. The molecule has 3 rings (SSSR count). The van der Waals surface area contributed by atoms with E-state index in [1.165, 1.54) is 38.8 Å². The van der Waals surface area contributed by atoms with E-state index < -0.39 is 0 Å². The first-order valence-electron chi connectivity index (χ1n) is 6.80. The number of hydrogen-bond donors (Lipinski definition) is 1. The van der Waals surface area contributed by atoms with Crippen molar-refractivity contribution in [2.75, 3.05) is 13.1 Å². The molecule has 17 heavy (non-hydrogen) atoms. The minimum Gasteiger partial charge on any atom is -0.328 e. The highest BCUT2D eigenvalue weighted by Gasteiger charge is 2.29. The number of fused-ring (bicyclic) bond motifs is 1. The molecule has 1 aromatic rings. The lowest BCUT2D eigenvalue weighted by Crippen LogP contribution is -2.36. The van der Waals surface area contributed by atoms with Crippen LogP contribution in [-0.4, -0.2) is 24.0 Å². The molecule has 3 unspecified atom stereocenters. The van der Waals surface area contributed by atoms with Gasteiger partial charge in [0, 0.05) is 30.1 Å². The van der Waals surface area contributed by atoms with Crippen molar-refractivity contribution in [3.63, 3.8) is 0 Å². The Labute approximate surface area is 108 Å². The minimum absolute atomic E-state index is 0.469. The summed E-state index contributed by atoms with van der Waals surface area (Å²) < 4.78 is 0. The maximum Gasteiger partial charge on any atom is 0.0331 e. The summed E-state index contributed by atoms with van der Waals surface area (Å²) in [5, 5.41) is 2.25. The van der Waals surface area contributed by atoms with Gasteiger partial charge in [-0.25, -0.2) is 0 Å². The molecule has 1 saturated carbocycles. The molecule has 1 aliphatic carbocycles. The molecule has 0 amide bonds. The second-order valence-electron chi connectivity index (χ2n) is 5.66. The molecule has 2 heterocycles. The first-order valence-corrected chi connectivity index (χ1v) is 7.68. The van der Waals surface area contributed by atoms with Crippen molar-refractivity contribution >= 4 is 11.3 Å². The van der Waals surface area contributed by atoms with Crippen LogP contribution in [0, 0.1) is 5.92 Å². The van der Waals surface area contributed by atoms with Gasteiger partial charge in [0.1, 0.15) is 0 Å². The first-order chi connectivity index (χ1) is 8.24. The molecule has 2 N–H and O–H groups in total. The summed E-state index contributed by atoms with van der Waals surface area (Å²) in [6.07, 6.45) is 5.05. The van der Waals surface area contributed by atoms with Crippen LogP contribution in [0.15, 0.2) is 11.4 Å². The lowest BCUT2D eigenvalue weighted by Gasteiger charge is -2.35. The van der Waals surface area contributed by atoms with Crippen molar-refractivity contribution in [1.29, 1.82) is 0 Å². The molecule has 3 heteroatoms. The molecule has 2 aliphatic rings. The van der Waals surface area contributed by atoms with E-state index in [1.54, 1.807) is 10.4 Å². The molecule has 1 fully saturated rings. The zero-order valence-corrected chi connectivity index (χ0v) is 11.4. The Bertz CT molecular complexity index is 387. The highest BCUT2D eigenvalue weighted by atomic mass is 32.1. The van der Waals surface area contributed by atoms with Crippen molar-refractivity contribution < 1.29 is 0 Å². The van der Waals surface area contributed by atoms with E-state index in [-0.39, 0.29) is 0 Å². The Balaban J connectivity index is 1.66. The average molecular weight is 250 g/mol. The lowest BCUT2D eigenvalue weighted by atomic mass is 9.98. The van der Waals surface area contributed by atoms with Gasteiger partial charge in [-0.2, -0.15) is 0 Å². The fourth-order valence-corrected chi connectivity index (χ4v) is 4.38. The molecule has 2 nitrogen and oxygen atoms in total. The molecule has 0 radical (unpaired) electrons. The largest absolute Gasteiger partial charge is 0.328 e. The summed E-state index contributed by atoms with van der Waals surface area (Å²) in [7, 11) is 0. The van der Waals surface area contributed by atoms with Crippen molar-refractivity contribution in [2.45, 2.75) is 44.7 Å². The standard InChI is InChI=1S/C14H22N2S/c1-10-13-5-7-17-14(13)4-6-16(10)9-11-2-3-12(15)8-11/h5,7,10-12H,2-4,6,8-9,15H2,1H3. The molecule has 1 aromatic heterocycles. The zero-order chi connectivity index (χ0) is 11.8. The Morgan fingerprint density at radius 1 is 1.47 bits per heavy atom. The maximum absolute atomic E-state index is 6.01. The van der Waals surface area contributed by atoms with Crippen molar-refractivity contribution in [2.24, 2.45) is 11.7 Å². The number of thiophene rings is 1. The fraction of sp³-hybridized carbons (Fsp3) is 0.714. The molecule has 0 bridgehead atoms. The van der Waals surface area contributed by atoms with Crippen LogP contribution in [-0.2, 0) is 6.42 Å². The molecular weight excluding hydrogens is 228 g/mol. The van der Waals surface area contributed by atoms with E-state index in [0.29, 0.717) is 12.1 Å². The van der Waals surface area contributed by atoms with Crippen LogP contribution in [0.3, 0.4) is 0 Å². The van der Waals surface area contributed by atoms with Gasteiger partial charge in [0.2, 0.25) is 0 Å². The van der Waals surface area contributed by atoms with E-state index in [9.17, 15) is 0 Å². The number of rotatable bonds is 2. The lowest BCUT2D eigenvalue weighted by molar-refractivity contribution is 0.169. The molecule has 0 spiro atoms. The summed E-state index contributed by atoms with van der Waals surface area (Å²) in [5.74, 6) is 0.840. The third-order valence-electron chi connectivity index (χ3n) is 4.48. The third-order valence-corrected chi connectivity index (χ3v) is 5.47. The summed E-state index contributed by atoms with van der Waals surface area (Å²) >= 11 is 1.93. The molecule has 94 valence electrons. The van der Waals surface area contributed by atoms with E-state index in [1.807, 2.05) is 11.3 Å². The summed E-state index contributed by atoms with van der Waals surface area (Å²) in [6.45, 7) is 4.85. The van der Waals surface area contributed by atoms with Gasteiger partial charge in [0.05, 0.1) is 0 Å². The SMILES string of the molecule is CC1c2ccsc2CCN1CC1CCC(N)C1. The maximum atomic E-state index is 6.01. The number of hydrogen-bond acceptors (Lipinski definition) is 3. The quantitative estimate of drug-likeness (QED) is 0.874. The zero-order valence-electron chi connectivity index (χ0n) is 10.6. The normalized spacial score (nSPS) is 33.9. The van der Waals surface area contributed by atoms with E-state index in [0.717, 1.165) is 5.92 Å². The van der Waals surface area contributed by atoms with E-state index in [2.05, 4.69) is 23.3 Å². The Hall–Kier alpha value is -0.380. The van der Waals surface area contributed by atoms with Gasteiger partial charge in [-0.3, -0.25) is 4.90 Å². The van der Waals surface area contributed by atoms with Gasteiger partial charge < -0.3 is 5.73 Å². The van der Waals surface area contributed by atoms with Crippen LogP contribution in [0.4, 0.5) is 0 Å². The second kappa shape index (κ2) is 4.71. The van der Waals surface area contributed by atoms with Gasteiger partial charge in [-0.15, -0.1) is 11.3 Å². The second-order valence-corrected chi connectivity index (χ2v) is 6.66. The first kappa shape index (κ1) is 11.7. The average Bonchev–Trinajstić information content (AvgIpc) is 2.92. The van der Waals surface area contributed by atoms with Crippen LogP contribution >= 0.6 is 11.3 Å². The predicted octanol–water partition coefficient (Wildman–Crippen LogP) is 2.79. The third kappa shape index (κ3) is 2.28. The molecule has 0 aromatic carbocycles. The Morgan fingerprint density at radius 3 is 3.12 bits per heavy atom. The van der Waals surface area contributed by atoms with Crippen LogP contribution in [0.25, 0.3) is 0 Å². The summed E-state index contributed by atoms with van der Waals surface area (Å²) in [5.41, 5.74) is 7.58. The van der Waals surface area contributed by atoms with Crippen molar-refractivity contribution in [1.82, 2.24) is 4.90 Å². The van der Waals surface area contributed by atoms with Gasteiger partial charge in [0.15, 0.2) is 0 Å². The fourth-order valence-electron chi connectivity index (χ4n) is 3.42. The minimum atomic E-state index is 0.469. The van der Waals surface area contributed by atoms with Crippen LogP contribution in [0.2, 0.25) is 0 Å². The van der Waals surface area contributed by atoms with Crippen molar-refractivity contribution in [3.8, 4) is 0 Å². The number of nitrogens with zero attached hydrogens (tertiary/aromatic N) is 1. The highest BCUT2D eigenvalue weighted by Crippen LogP contribution is 2.35. The molecular formula is C14H22N2S. The summed E-state index contributed by atoms with van der Waals surface area (Å²) in [6, 6.07) is 3.40. The Morgan fingerprint density at radius 2 is 2.35 bits per heavy atom. The number of nitrogens with two attached hydrogens (primary N) is 1. The van der Waals surface area contributed by atoms with Gasteiger partial charge in [-0.05, 0) is 55.5 Å². The highest BCUT2D eigenvalue weighted by molar-refractivity contribution is 7.10. The van der Waals surface area contributed by atoms with Gasteiger partial charge in [-0.1, -0.05) is 0 Å². The monoisotopic (exact) mass is 250 g/mol. The Kier molecular flexibility index (Phi) is 3.24.